The maximum atomic E-state index is 11.4. The van der Waals surface area contributed by atoms with Gasteiger partial charge in [-0.25, -0.2) is 9.59 Å². The molecule has 1 aromatic rings. The molecular weight excluding hydrogens is 443 g/mol. The molecule has 0 radical (unpaired) electrons. The minimum absolute atomic E-state index is 0.0155. The molecule has 0 aliphatic rings. The zero-order valence-corrected chi connectivity index (χ0v) is 14.3. The lowest BCUT2D eigenvalue weighted by Crippen LogP contribution is -2.30. The van der Waals surface area contributed by atoms with Crippen LogP contribution in [0.2, 0.25) is 0 Å². The first-order valence-corrected chi connectivity index (χ1v) is 7.41. The first-order valence-electron chi connectivity index (χ1n) is 5.20. The first-order chi connectivity index (χ1) is 9.26. The Hall–Kier alpha value is -0.440. The maximum absolute atomic E-state index is 11.4. The van der Waals surface area contributed by atoms with Gasteiger partial charge in [0.1, 0.15) is 6.61 Å². The van der Waals surface area contributed by atoms with E-state index in [0.29, 0.717) is 0 Å². The molecule has 0 saturated carbocycles. The van der Waals surface area contributed by atoms with Gasteiger partial charge in [0.15, 0.2) is 0 Å². The van der Waals surface area contributed by atoms with Gasteiger partial charge in [-0.05, 0) is 40.3 Å². The van der Waals surface area contributed by atoms with Gasteiger partial charge in [-0.15, -0.1) is 5.48 Å². The molecule has 1 N–H and O–H groups in total. The fourth-order valence-corrected chi connectivity index (χ4v) is 1.60. The van der Waals surface area contributed by atoms with Crippen molar-refractivity contribution in [3.05, 3.63) is 33.4 Å². The van der Waals surface area contributed by atoms with Crippen LogP contribution in [0.4, 0.5) is 4.79 Å². The molecule has 0 bridgehead atoms. The minimum Gasteiger partial charge on any atom is -0.443 e. The average Bonchev–Trinajstić information content (AvgIpc) is 2.36. The summed E-state index contributed by atoms with van der Waals surface area (Å²) in [7, 11) is 0. The van der Waals surface area contributed by atoms with Crippen LogP contribution in [-0.2, 0) is 20.8 Å². The van der Waals surface area contributed by atoms with Gasteiger partial charge in [0.05, 0.1) is 6.42 Å². The highest BCUT2D eigenvalue weighted by atomic mass is 127. The van der Waals surface area contributed by atoms with Crippen LogP contribution in [-0.4, -0.2) is 22.5 Å². The predicted octanol–water partition coefficient (Wildman–Crippen LogP) is 3.39. The number of nitrogens with one attached hydrogen (secondary N) is 1. The van der Waals surface area contributed by atoms with Gasteiger partial charge in [-0.3, -0.25) is 0 Å². The second kappa shape index (κ2) is 8.11. The van der Waals surface area contributed by atoms with Gasteiger partial charge in [0.2, 0.25) is 3.79 Å². The lowest BCUT2D eigenvalue weighted by molar-refractivity contribution is -0.148. The lowest BCUT2D eigenvalue weighted by Gasteiger charge is -2.11. The SMILES string of the molecule is O=C(Cc1ccc(I)cc1)ONC(=O)OCC(Cl)(Cl)Cl. The van der Waals surface area contributed by atoms with Crippen LogP contribution < -0.4 is 5.48 Å². The molecule has 1 amide bonds. The topological polar surface area (TPSA) is 64.6 Å². The average molecular weight is 452 g/mol. The highest BCUT2D eigenvalue weighted by Crippen LogP contribution is 2.25. The van der Waals surface area contributed by atoms with Gasteiger partial charge in [0, 0.05) is 3.57 Å². The molecule has 0 spiro atoms. The number of rotatable bonds is 3. The van der Waals surface area contributed by atoms with E-state index in [1.807, 2.05) is 12.1 Å². The molecule has 20 heavy (non-hydrogen) atoms. The molecule has 0 saturated heterocycles. The minimum atomic E-state index is -1.72. The van der Waals surface area contributed by atoms with Crippen LogP contribution >= 0.6 is 57.4 Å². The number of carbonyl (C=O) groups excluding carboxylic acids is 2. The molecule has 1 rings (SSSR count). The molecular formula is C11H9Cl3INO4. The Balaban J connectivity index is 2.29. The van der Waals surface area contributed by atoms with Crippen LogP contribution in [0.1, 0.15) is 5.56 Å². The van der Waals surface area contributed by atoms with E-state index in [1.54, 1.807) is 17.6 Å². The number of ether oxygens (including phenoxy) is 1. The number of halogens is 4. The maximum Gasteiger partial charge on any atom is 0.440 e. The number of hydrogen-bond donors (Lipinski definition) is 1. The van der Waals surface area contributed by atoms with Crippen molar-refractivity contribution in [2.45, 2.75) is 10.2 Å². The van der Waals surface area contributed by atoms with E-state index >= 15 is 0 Å². The summed E-state index contributed by atoms with van der Waals surface area (Å²) in [5.41, 5.74) is 2.55. The molecule has 9 heteroatoms. The Morgan fingerprint density at radius 3 is 2.35 bits per heavy atom. The number of carbonyl (C=O) groups is 2. The summed E-state index contributed by atoms with van der Waals surface area (Å²) in [6.45, 7) is -0.460. The smallest absolute Gasteiger partial charge is 0.440 e. The lowest BCUT2D eigenvalue weighted by atomic mass is 10.2. The van der Waals surface area contributed by atoms with Crippen molar-refractivity contribution >= 4 is 69.5 Å². The molecule has 0 unspecified atom stereocenters. The summed E-state index contributed by atoms with van der Waals surface area (Å²) >= 11 is 18.3. The second-order valence-corrected chi connectivity index (χ2v) is 7.33. The van der Waals surface area contributed by atoms with Gasteiger partial charge in [-0.2, -0.15) is 0 Å². The fraction of sp³-hybridized carbons (Fsp3) is 0.273. The van der Waals surface area contributed by atoms with E-state index in [9.17, 15) is 9.59 Å². The molecule has 0 aromatic heterocycles. The Bertz CT molecular complexity index is 476. The van der Waals surface area contributed by atoms with Crippen LogP contribution in [0.5, 0.6) is 0 Å². The third-order valence-electron chi connectivity index (χ3n) is 1.88. The molecule has 1 aromatic carbocycles. The summed E-state index contributed by atoms with van der Waals surface area (Å²) in [6.07, 6.45) is -1.01. The summed E-state index contributed by atoms with van der Waals surface area (Å²) in [5.74, 6) is -0.642. The van der Waals surface area contributed by atoms with Crippen LogP contribution in [0.25, 0.3) is 0 Å². The standard InChI is InChI=1S/C11H9Cl3INO4/c12-11(13,14)6-19-10(18)16-20-9(17)5-7-1-3-8(15)4-2-7/h1-4H,5-6H2,(H,16,18). The van der Waals surface area contributed by atoms with Crippen molar-refractivity contribution < 1.29 is 19.2 Å². The van der Waals surface area contributed by atoms with Crippen molar-refractivity contribution in [1.82, 2.24) is 5.48 Å². The van der Waals surface area contributed by atoms with Crippen molar-refractivity contribution in [3.8, 4) is 0 Å². The van der Waals surface area contributed by atoms with Crippen LogP contribution in [0.15, 0.2) is 24.3 Å². The second-order valence-electron chi connectivity index (χ2n) is 3.57. The third kappa shape index (κ3) is 7.98. The Labute approximate surface area is 143 Å². The van der Waals surface area contributed by atoms with E-state index in [2.05, 4.69) is 32.2 Å². The molecule has 5 nitrogen and oxygen atoms in total. The summed E-state index contributed by atoms with van der Waals surface area (Å²) in [6, 6.07) is 7.27. The van der Waals surface area contributed by atoms with Crippen LogP contribution in [0, 0.1) is 3.57 Å². The number of amides is 1. The summed E-state index contributed by atoms with van der Waals surface area (Å²) < 4.78 is 3.83. The predicted molar refractivity (Wildman–Crippen MR) is 83.7 cm³/mol. The molecule has 0 aliphatic carbocycles. The number of hydroxylamine groups is 1. The van der Waals surface area contributed by atoms with Crippen molar-refractivity contribution in [2.24, 2.45) is 0 Å². The Kier molecular flexibility index (Phi) is 7.14. The van der Waals surface area contributed by atoms with Gasteiger partial charge in [-0.1, -0.05) is 46.9 Å². The zero-order chi connectivity index (χ0) is 15.2. The quantitative estimate of drug-likeness (QED) is 0.434. The van der Waals surface area contributed by atoms with Gasteiger partial charge < -0.3 is 9.57 Å². The number of alkyl halides is 3. The zero-order valence-electron chi connectivity index (χ0n) is 9.87. The van der Waals surface area contributed by atoms with E-state index in [4.69, 9.17) is 34.8 Å². The van der Waals surface area contributed by atoms with Gasteiger partial charge >= 0.3 is 12.1 Å². The highest BCUT2D eigenvalue weighted by molar-refractivity contribution is 14.1. The highest BCUT2D eigenvalue weighted by Gasteiger charge is 2.22. The number of hydrogen-bond acceptors (Lipinski definition) is 4. The van der Waals surface area contributed by atoms with Crippen molar-refractivity contribution in [2.75, 3.05) is 6.61 Å². The molecule has 0 heterocycles. The molecule has 0 fully saturated rings. The molecule has 110 valence electrons. The van der Waals surface area contributed by atoms with Crippen LogP contribution in [0.3, 0.4) is 0 Å². The molecule has 0 aliphatic heterocycles. The third-order valence-corrected chi connectivity index (χ3v) is 2.92. The summed E-state index contributed by atoms with van der Waals surface area (Å²) in [4.78, 5) is 27.0. The Morgan fingerprint density at radius 2 is 1.80 bits per heavy atom. The largest absolute Gasteiger partial charge is 0.443 e. The first kappa shape index (κ1) is 17.6. The normalized spacial score (nSPS) is 10.8. The number of benzene rings is 1. The van der Waals surface area contributed by atoms with E-state index in [1.165, 1.54) is 0 Å². The van der Waals surface area contributed by atoms with Crippen molar-refractivity contribution in [3.63, 3.8) is 0 Å². The summed E-state index contributed by atoms with van der Waals surface area (Å²) in [5, 5.41) is 0. The molecule has 0 atom stereocenters. The van der Waals surface area contributed by atoms with E-state index in [-0.39, 0.29) is 6.42 Å². The van der Waals surface area contributed by atoms with Crippen molar-refractivity contribution in [1.29, 1.82) is 0 Å². The monoisotopic (exact) mass is 451 g/mol. The fourth-order valence-electron chi connectivity index (χ4n) is 1.08. The Morgan fingerprint density at radius 1 is 1.20 bits per heavy atom. The van der Waals surface area contributed by atoms with E-state index in [0.717, 1.165) is 9.13 Å². The van der Waals surface area contributed by atoms with E-state index < -0.39 is 22.5 Å². The van der Waals surface area contributed by atoms with Gasteiger partial charge in [0.25, 0.3) is 0 Å².